The fourth-order valence-electron chi connectivity index (χ4n) is 3.33. The fourth-order valence-corrected chi connectivity index (χ4v) is 3.45. The van der Waals surface area contributed by atoms with E-state index < -0.39 is 0 Å². The Balaban J connectivity index is 1.75. The van der Waals surface area contributed by atoms with Crippen LogP contribution < -0.4 is 0 Å². The van der Waals surface area contributed by atoms with Gasteiger partial charge in [-0.1, -0.05) is 59.6 Å². The number of amides is 1. The van der Waals surface area contributed by atoms with Crippen LogP contribution in [0.5, 0.6) is 0 Å². The predicted octanol–water partition coefficient (Wildman–Crippen LogP) is 5.78. The van der Waals surface area contributed by atoms with Crippen LogP contribution in [0, 0.1) is 12.7 Å². The number of rotatable bonds is 3. The van der Waals surface area contributed by atoms with Gasteiger partial charge in [0.25, 0.3) is 5.91 Å². The van der Waals surface area contributed by atoms with Crippen molar-refractivity contribution in [2.75, 3.05) is 0 Å². The molecule has 0 fully saturated rings. The van der Waals surface area contributed by atoms with Crippen LogP contribution in [0.25, 0.3) is 0 Å². The summed E-state index contributed by atoms with van der Waals surface area (Å²) in [5.41, 5.74) is 3.56. The Kier molecular flexibility index (Phi) is 4.97. The second-order valence-corrected chi connectivity index (χ2v) is 7.25. The molecule has 0 radical (unpaired) electrons. The maximum Gasteiger partial charge on any atom is 0.274 e. The van der Waals surface area contributed by atoms with E-state index in [9.17, 15) is 9.18 Å². The lowest BCUT2D eigenvalue weighted by Crippen LogP contribution is -2.27. The summed E-state index contributed by atoms with van der Waals surface area (Å²) in [4.78, 5) is 13.2. The highest BCUT2D eigenvalue weighted by atomic mass is 35.5. The van der Waals surface area contributed by atoms with Crippen LogP contribution in [0.3, 0.4) is 0 Å². The third kappa shape index (κ3) is 3.56. The van der Waals surface area contributed by atoms with Crippen molar-refractivity contribution in [3.8, 4) is 0 Å². The van der Waals surface area contributed by atoms with E-state index in [4.69, 9.17) is 11.6 Å². The summed E-state index contributed by atoms with van der Waals surface area (Å²) < 4.78 is 14.3. The lowest BCUT2D eigenvalue weighted by atomic mass is 9.97. The highest BCUT2D eigenvalue weighted by molar-refractivity contribution is 6.30. The van der Waals surface area contributed by atoms with Crippen molar-refractivity contribution < 1.29 is 9.18 Å². The molecule has 1 atom stereocenters. The molecule has 3 aromatic rings. The van der Waals surface area contributed by atoms with Gasteiger partial charge in [-0.2, -0.15) is 5.10 Å². The highest BCUT2D eigenvalue weighted by Crippen LogP contribution is 2.34. The summed E-state index contributed by atoms with van der Waals surface area (Å²) in [6.45, 7) is 2.01. The first-order valence-electron chi connectivity index (χ1n) is 9.01. The number of halogens is 2. The van der Waals surface area contributed by atoms with Crippen molar-refractivity contribution in [3.05, 3.63) is 106 Å². The number of nitrogens with zero attached hydrogens (tertiary/aromatic N) is 2. The smallest absolute Gasteiger partial charge is 0.267 e. The third-order valence-electron chi connectivity index (χ3n) is 4.86. The van der Waals surface area contributed by atoms with E-state index in [2.05, 4.69) is 5.10 Å². The molecule has 1 aliphatic rings. The molecule has 1 amide bonds. The zero-order valence-electron chi connectivity index (χ0n) is 15.3. The van der Waals surface area contributed by atoms with Crippen molar-refractivity contribution >= 4 is 23.2 Å². The normalized spacial score (nSPS) is 16.2. The van der Waals surface area contributed by atoms with Crippen molar-refractivity contribution in [1.82, 2.24) is 5.01 Å². The van der Waals surface area contributed by atoms with Gasteiger partial charge in [0.05, 0.1) is 11.8 Å². The topological polar surface area (TPSA) is 32.7 Å². The third-order valence-corrected chi connectivity index (χ3v) is 5.11. The van der Waals surface area contributed by atoms with E-state index in [1.54, 1.807) is 42.5 Å². The minimum absolute atomic E-state index is 0.242. The van der Waals surface area contributed by atoms with Crippen LogP contribution in [0.4, 0.5) is 4.39 Å². The average Bonchev–Trinajstić information content (AvgIpc) is 3.14. The van der Waals surface area contributed by atoms with Crippen molar-refractivity contribution in [2.45, 2.75) is 19.4 Å². The number of benzene rings is 3. The molecular weight excluding hydrogens is 375 g/mol. The second kappa shape index (κ2) is 7.56. The van der Waals surface area contributed by atoms with Crippen LogP contribution in [0.15, 0.2) is 77.9 Å². The molecule has 4 rings (SSSR count). The maximum absolute atomic E-state index is 14.3. The van der Waals surface area contributed by atoms with Gasteiger partial charge in [-0.05, 0) is 42.8 Å². The summed E-state index contributed by atoms with van der Waals surface area (Å²) in [6, 6.07) is 20.9. The van der Waals surface area contributed by atoms with E-state index in [1.807, 2.05) is 31.2 Å². The van der Waals surface area contributed by atoms with E-state index in [1.165, 1.54) is 11.1 Å². The largest absolute Gasteiger partial charge is 0.274 e. The minimum atomic E-state index is -0.343. The van der Waals surface area contributed by atoms with E-state index in [0.29, 0.717) is 28.3 Å². The Morgan fingerprint density at radius 2 is 1.71 bits per heavy atom. The molecule has 1 aliphatic heterocycles. The monoisotopic (exact) mass is 392 g/mol. The van der Waals surface area contributed by atoms with Gasteiger partial charge >= 0.3 is 0 Å². The fraction of sp³-hybridized carbons (Fsp3) is 0.130. The second-order valence-electron chi connectivity index (χ2n) is 6.81. The average molecular weight is 393 g/mol. The summed E-state index contributed by atoms with van der Waals surface area (Å²) in [6.07, 6.45) is 0.448. The molecule has 1 heterocycles. The Labute approximate surface area is 168 Å². The molecule has 28 heavy (non-hydrogen) atoms. The number of carbonyl (C=O) groups excluding carboxylic acids is 1. The zero-order valence-corrected chi connectivity index (χ0v) is 16.0. The van der Waals surface area contributed by atoms with Gasteiger partial charge in [-0.25, -0.2) is 9.40 Å². The van der Waals surface area contributed by atoms with Gasteiger partial charge in [0.15, 0.2) is 0 Å². The number of aryl methyl sites for hydroxylation is 1. The first-order valence-corrected chi connectivity index (χ1v) is 9.39. The van der Waals surface area contributed by atoms with E-state index >= 15 is 0 Å². The Hall–Kier alpha value is -2.98. The molecule has 5 heteroatoms. The lowest BCUT2D eigenvalue weighted by Gasteiger charge is -2.22. The minimum Gasteiger partial charge on any atom is -0.267 e. The van der Waals surface area contributed by atoms with E-state index in [0.717, 1.165) is 11.1 Å². The summed E-state index contributed by atoms with van der Waals surface area (Å²) in [7, 11) is 0. The van der Waals surface area contributed by atoms with Gasteiger partial charge < -0.3 is 0 Å². The van der Waals surface area contributed by atoms with Crippen LogP contribution in [0.2, 0.25) is 5.02 Å². The standard InChI is InChI=1S/C23H18ClFN2O/c1-15-6-8-16(9-7-15)22-14-21(19-4-2-3-5-20(19)25)26-27(22)23(28)17-10-12-18(24)13-11-17/h2-13,22H,14H2,1H3. The van der Waals surface area contributed by atoms with Gasteiger partial charge in [0.2, 0.25) is 0 Å². The van der Waals surface area contributed by atoms with E-state index in [-0.39, 0.29) is 17.8 Å². The molecule has 0 bridgehead atoms. The Morgan fingerprint density at radius 3 is 2.39 bits per heavy atom. The Bertz CT molecular complexity index is 1040. The lowest BCUT2D eigenvalue weighted by molar-refractivity contribution is 0.0711. The van der Waals surface area contributed by atoms with Crippen LogP contribution in [-0.2, 0) is 0 Å². The van der Waals surface area contributed by atoms with Gasteiger partial charge in [-0.3, -0.25) is 4.79 Å². The molecule has 0 saturated heterocycles. The van der Waals surface area contributed by atoms with Crippen LogP contribution in [-0.4, -0.2) is 16.6 Å². The quantitative estimate of drug-likeness (QED) is 0.556. The first kappa shape index (κ1) is 18.4. The van der Waals surface area contributed by atoms with Gasteiger partial charge in [0.1, 0.15) is 5.82 Å². The van der Waals surface area contributed by atoms with Crippen molar-refractivity contribution in [1.29, 1.82) is 0 Å². The first-order chi connectivity index (χ1) is 13.5. The molecule has 3 nitrogen and oxygen atoms in total. The summed E-state index contributed by atoms with van der Waals surface area (Å²) >= 11 is 5.94. The number of hydrogen-bond donors (Lipinski definition) is 0. The molecule has 0 aromatic heterocycles. The molecule has 0 saturated carbocycles. The summed E-state index contributed by atoms with van der Waals surface area (Å²) in [5, 5.41) is 6.54. The van der Waals surface area contributed by atoms with Gasteiger partial charge in [-0.15, -0.1) is 0 Å². The van der Waals surface area contributed by atoms with Crippen molar-refractivity contribution in [3.63, 3.8) is 0 Å². The number of hydrogen-bond acceptors (Lipinski definition) is 2. The maximum atomic E-state index is 14.3. The molecule has 0 spiro atoms. The highest BCUT2D eigenvalue weighted by Gasteiger charge is 2.34. The SMILES string of the molecule is Cc1ccc(C2CC(c3ccccc3F)=NN2C(=O)c2ccc(Cl)cc2)cc1. The van der Waals surface area contributed by atoms with Crippen molar-refractivity contribution in [2.24, 2.45) is 5.10 Å². The van der Waals surface area contributed by atoms with Crippen LogP contribution in [0.1, 0.15) is 39.5 Å². The molecule has 0 N–H and O–H groups in total. The zero-order chi connectivity index (χ0) is 19.7. The number of hydrazone groups is 1. The molecule has 3 aromatic carbocycles. The van der Waals surface area contributed by atoms with Gasteiger partial charge in [0, 0.05) is 22.6 Å². The number of carbonyl (C=O) groups is 1. The molecular formula is C23H18ClFN2O. The predicted molar refractivity (Wildman–Crippen MR) is 109 cm³/mol. The molecule has 140 valence electrons. The molecule has 1 unspecified atom stereocenters. The molecule has 0 aliphatic carbocycles. The Morgan fingerprint density at radius 1 is 1.04 bits per heavy atom. The summed E-state index contributed by atoms with van der Waals surface area (Å²) in [5.74, 6) is -0.585. The van der Waals surface area contributed by atoms with Crippen LogP contribution >= 0.6 is 11.6 Å².